The minimum absolute atomic E-state index is 0.0426. The van der Waals surface area contributed by atoms with Gasteiger partial charge in [0.1, 0.15) is 17.2 Å². The third-order valence-corrected chi connectivity index (χ3v) is 3.63. The first-order valence-electron chi connectivity index (χ1n) is 6.33. The lowest BCUT2D eigenvalue weighted by atomic mass is 9.95. The Morgan fingerprint density at radius 2 is 1.85 bits per heavy atom. The van der Waals surface area contributed by atoms with Crippen LogP contribution in [0.15, 0.2) is 29.1 Å². The van der Waals surface area contributed by atoms with E-state index in [9.17, 15) is 9.90 Å². The molecule has 1 aliphatic heterocycles. The first-order valence-corrected chi connectivity index (χ1v) is 6.33. The Kier molecular flexibility index (Phi) is 2.89. The molecule has 1 aliphatic rings. The SMILES string of the molecule is COc1ccc(OC)c2c1CCn1c-2cc(O)cc1=O. The van der Waals surface area contributed by atoms with Gasteiger partial charge in [0.25, 0.3) is 5.56 Å². The molecule has 3 rings (SSSR count). The molecule has 20 heavy (non-hydrogen) atoms. The molecule has 104 valence electrons. The van der Waals surface area contributed by atoms with E-state index in [4.69, 9.17) is 9.47 Å². The molecule has 0 radical (unpaired) electrons. The van der Waals surface area contributed by atoms with Gasteiger partial charge >= 0.3 is 0 Å². The molecule has 2 aromatic rings. The lowest BCUT2D eigenvalue weighted by Gasteiger charge is -2.25. The summed E-state index contributed by atoms with van der Waals surface area (Å²) in [4.78, 5) is 12.0. The molecule has 1 aromatic heterocycles. The molecule has 1 N–H and O–H groups in total. The van der Waals surface area contributed by atoms with Gasteiger partial charge in [-0.25, -0.2) is 0 Å². The van der Waals surface area contributed by atoms with Crippen LogP contribution in [0.2, 0.25) is 0 Å². The second-order valence-corrected chi connectivity index (χ2v) is 4.66. The van der Waals surface area contributed by atoms with Crippen LogP contribution in [0.5, 0.6) is 17.2 Å². The molecule has 5 heteroatoms. The summed E-state index contributed by atoms with van der Waals surface area (Å²) in [5.74, 6) is 1.39. The molecule has 0 saturated heterocycles. The first kappa shape index (κ1) is 12.6. The number of methoxy groups -OCH3 is 2. The minimum atomic E-state index is -0.212. The van der Waals surface area contributed by atoms with Gasteiger partial charge in [0.05, 0.1) is 19.9 Å². The number of hydrogen-bond donors (Lipinski definition) is 1. The number of nitrogens with zero attached hydrogens (tertiary/aromatic N) is 1. The van der Waals surface area contributed by atoms with Crippen molar-refractivity contribution in [2.45, 2.75) is 13.0 Å². The van der Waals surface area contributed by atoms with E-state index in [1.165, 1.54) is 6.07 Å². The maximum absolute atomic E-state index is 12.0. The highest BCUT2D eigenvalue weighted by molar-refractivity contribution is 5.76. The summed E-state index contributed by atoms with van der Waals surface area (Å²) in [6, 6.07) is 6.47. The van der Waals surface area contributed by atoms with Crippen LogP contribution in [0.1, 0.15) is 5.56 Å². The average Bonchev–Trinajstić information content (AvgIpc) is 2.45. The van der Waals surface area contributed by atoms with E-state index in [-0.39, 0.29) is 11.3 Å². The van der Waals surface area contributed by atoms with E-state index in [2.05, 4.69) is 0 Å². The Morgan fingerprint density at radius 3 is 2.55 bits per heavy atom. The topological polar surface area (TPSA) is 60.7 Å². The van der Waals surface area contributed by atoms with Crippen molar-refractivity contribution >= 4 is 0 Å². The van der Waals surface area contributed by atoms with Crippen molar-refractivity contribution in [1.82, 2.24) is 4.57 Å². The van der Waals surface area contributed by atoms with E-state index in [1.54, 1.807) is 24.9 Å². The Morgan fingerprint density at radius 1 is 1.15 bits per heavy atom. The minimum Gasteiger partial charge on any atom is -0.508 e. The summed E-state index contributed by atoms with van der Waals surface area (Å²) in [6.07, 6.45) is 0.688. The fraction of sp³-hybridized carbons (Fsp3) is 0.267. The lowest BCUT2D eigenvalue weighted by molar-refractivity contribution is 0.396. The van der Waals surface area contributed by atoms with Gasteiger partial charge in [-0.05, 0) is 18.6 Å². The van der Waals surface area contributed by atoms with E-state index >= 15 is 0 Å². The Labute approximate surface area is 116 Å². The van der Waals surface area contributed by atoms with E-state index < -0.39 is 0 Å². The largest absolute Gasteiger partial charge is 0.508 e. The number of fused-ring (bicyclic) bond motifs is 3. The van der Waals surface area contributed by atoms with Crippen molar-refractivity contribution in [2.75, 3.05) is 14.2 Å². The Bertz CT molecular complexity index is 733. The molecule has 0 atom stereocenters. The number of aromatic hydroxyl groups is 1. The van der Waals surface area contributed by atoms with Crippen molar-refractivity contribution in [3.8, 4) is 28.5 Å². The van der Waals surface area contributed by atoms with Crippen LogP contribution in [0.3, 0.4) is 0 Å². The maximum atomic E-state index is 12.0. The molecule has 1 aromatic carbocycles. The Hall–Kier alpha value is -2.43. The van der Waals surface area contributed by atoms with Crippen molar-refractivity contribution < 1.29 is 14.6 Å². The molecule has 0 saturated carbocycles. The van der Waals surface area contributed by atoms with E-state index in [0.29, 0.717) is 24.4 Å². The van der Waals surface area contributed by atoms with Gasteiger partial charge in [0.2, 0.25) is 0 Å². The van der Waals surface area contributed by atoms with Crippen LogP contribution >= 0.6 is 0 Å². The molecule has 0 fully saturated rings. The van der Waals surface area contributed by atoms with Crippen molar-refractivity contribution in [2.24, 2.45) is 0 Å². The monoisotopic (exact) mass is 273 g/mol. The van der Waals surface area contributed by atoms with Gasteiger partial charge in [-0.15, -0.1) is 0 Å². The van der Waals surface area contributed by atoms with Crippen LogP contribution in [0.4, 0.5) is 0 Å². The smallest absolute Gasteiger partial charge is 0.254 e. The van der Waals surface area contributed by atoms with Gasteiger partial charge in [-0.1, -0.05) is 0 Å². The number of pyridine rings is 1. The Balaban J connectivity index is 2.38. The molecule has 5 nitrogen and oxygen atoms in total. The lowest BCUT2D eigenvalue weighted by Crippen LogP contribution is -2.25. The fourth-order valence-corrected chi connectivity index (χ4v) is 2.74. The third-order valence-electron chi connectivity index (χ3n) is 3.63. The standard InChI is InChI=1S/C15H15NO4/c1-19-12-3-4-13(20-2)15-10(12)5-6-16-11(15)7-9(17)8-14(16)18/h3-4,7-8,17H,5-6H2,1-2H3. The highest BCUT2D eigenvalue weighted by Gasteiger charge is 2.24. The molecule has 0 spiro atoms. The summed E-state index contributed by atoms with van der Waals surface area (Å²) < 4.78 is 12.4. The predicted octanol–water partition coefficient (Wildman–Crippen LogP) is 1.79. The van der Waals surface area contributed by atoms with Crippen LogP contribution < -0.4 is 15.0 Å². The summed E-state index contributed by atoms with van der Waals surface area (Å²) in [5.41, 5.74) is 2.26. The zero-order valence-corrected chi connectivity index (χ0v) is 11.3. The molecule has 2 heterocycles. The molecule has 0 amide bonds. The van der Waals surface area contributed by atoms with E-state index in [1.807, 2.05) is 12.1 Å². The van der Waals surface area contributed by atoms with Gasteiger partial charge in [0, 0.05) is 29.8 Å². The number of hydrogen-bond acceptors (Lipinski definition) is 4. The second kappa shape index (κ2) is 4.59. The van der Waals surface area contributed by atoms with Crippen molar-refractivity contribution in [3.63, 3.8) is 0 Å². The summed E-state index contributed by atoms with van der Waals surface area (Å²) in [6.45, 7) is 0.560. The number of benzene rings is 1. The predicted molar refractivity (Wildman–Crippen MR) is 74.6 cm³/mol. The van der Waals surface area contributed by atoms with Gasteiger partial charge < -0.3 is 19.1 Å². The highest BCUT2D eigenvalue weighted by Crippen LogP contribution is 2.41. The van der Waals surface area contributed by atoms with Crippen LogP contribution in [0, 0.1) is 0 Å². The summed E-state index contributed by atoms with van der Waals surface area (Å²) >= 11 is 0. The zero-order valence-electron chi connectivity index (χ0n) is 11.3. The van der Waals surface area contributed by atoms with E-state index in [0.717, 1.165) is 16.9 Å². The average molecular weight is 273 g/mol. The fourth-order valence-electron chi connectivity index (χ4n) is 2.74. The van der Waals surface area contributed by atoms with Gasteiger partial charge in [-0.2, -0.15) is 0 Å². The van der Waals surface area contributed by atoms with Gasteiger partial charge in [-0.3, -0.25) is 4.79 Å². The van der Waals surface area contributed by atoms with Crippen LogP contribution in [-0.2, 0) is 13.0 Å². The summed E-state index contributed by atoms with van der Waals surface area (Å²) in [7, 11) is 3.20. The number of ether oxygens (including phenoxy) is 2. The molecule has 0 bridgehead atoms. The molecule has 0 aliphatic carbocycles. The first-order chi connectivity index (χ1) is 9.65. The summed E-state index contributed by atoms with van der Waals surface area (Å²) in [5, 5.41) is 9.70. The maximum Gasteiger partial charge on any atom is 0.254 e. The zero-order chi connectivity index (χ0) is 14.3. The van der Waals surface area contributed by atoms with Crippen molar-refractivity contribution in [3.05, 3.63) is 40.2 Å². The highest BCUT2D eigenvalue weighted by atomic mass is 16.5. The number of rotatable bonds is 2. The second-order valence-electron chi connectivity index (χ2n) is 4.66. The van der Waals surface area contributed by atoms with Gasteiger partial charge in [0.15, 0.2) is 0 Å². The third kappa shape index (κ3) is 1.74. The molecular weight excluding hydrogens is 258 g/mol. The molecule has 0 unspecified atom stereocenters. The van der Waals surface area contributed by atoms with Crippen LogP contribution in [-0.4, -0.2) is 23.9 Å². The molecular formula is C15H15NO4. The normalized spacial score (nSPS) is 12.5. The van der Waals surface area contributed by atoms with Crippen molar-refractivity contribution in [1.29, 1.82) is 0 Å². The van der Waals surface area contributed by atoms with Crippen LogP contribution in [0.25, 0.3) is 11.3 Å². The number of aromatic nitrogens is 1. The quantitative estimate of drug-likeness (QED) is 0.906.